The van der Waals surface area contributed by atoms with E-state index in [0.29, 0.717) is 40.9 Å². The van der Waals surface area contributed by atoms with Crippen LogP contribution in [0.3, 0.4) is 0 Å². The molecule has 3 aromatic rings. The van der Waals surface area contributed by atoms with Crippen LogP contribution >= 0.6 is 0 Å². The average molecular weight is 1060 g/mol. The van der Waals surface area contributed by atoms with Gasteiger partial charge in [-0.15, -0.1) is 0 Å². The number of ether oxygens (including phenoxy) is 3. The lowest BCUT2D eigenvalue weighted by Gasteiger charge is -2.36. The normalized spacial score (nSPS) is 15.9. The molecule has 3 aromatic carbocycles. The van der Waals surface area contributed by atoms with Gasteiger partial charge < -0.3 is 29.5 Å². The molecule has 0 heterocycles. The Morgan fingerprint density at radius 3 is 0.974 bits per heavy atom. The van der Waals surface area contributed by atoms with Gasteiger partial charge in [0.1, 0.15) is 34.1 Å². The molecule has 3 unspecified atom stereocenters. The molecule has 0 saturated heterocycles. The molecule has 2 aliphatic rings. The van der Waals surface area contributed by atoms with E-state index in [1.165, 1.54) is 42.4 Å². The third-order valence-electron chi connectivity index (χ3n) is 16.2. The number of rotatable bonds is 16. The molecule has 2 fully saturated rings. The summed E-state index contributed by atoms with van der Waals surface area (Å²) >= 11 is 0. The monoisotopic (exact) mass is 1060 g/mol. The molecular weight excluding hydrogens is 949 g/mol. The van der Waals surface area contributed by atoms with Gasteiger partial charge in [-0.2, -0.15) is 0 Å². The number of phenols is 3. The second-order valence-electron chi connectivity index (χ2n) is 24.9. The Kier molecular flexibility index (Phi) is 31.7. The smallest absolute Gasteiger partial charge is 0.312 e. The molecule has 0 radical (unpaired) electrons. The molecule has 434 valence electrons. The highest BCUT2D eigenvalue weighted by Crippen LogP contribution is 2.42. The summed E-state index contributed by atoms with van der Waals surface area (Å²) in [6.07, 6.45) is 15.8. The summed E-state index contributed by atoms with van der Waals surface area (Å²) in [5.41, 5.74) is 2.18. The Morgan fingerprint density at radius 1 is 0.447 bits per heavy atom. The predicted octanol–water partition coefficient (Wildman–Crippen LogP) is 19.1. The third kappa shape index (κ3) is 25.7. The van der Waals surface area contributed by atoms with Gasteiger partial charge in [0.25, 0.3) is 0 Å². The lowest BCUT2D eigenvalue weighted by molar-refractivity contribution is -0.175. The first-order chi connectivity index (χ1) is 35.2. The largest absolute Gasteiger partial charge is 0.508 e. The van der Waals surface area contributed by atoms with E-state index < -0.39 is 0 Å². The molecule has 9 heteroatoms. The third-order valence-corrected chi connectivity index (χ3v) is 16.2. The van der Waals surface area contributed by atoms with Gasteiger partial charge in [0.2, 0.25) is 0 Å². The van der Waals surface area contributed by atoms with Crippen molar-refractivity contribution in [1.29, 1.82) is 0 Å². The predicted molar refractivity (Wildman–Crippen MR) is 318 cm³/mol. The van der Waals surface area contributed by atoms with Crippen LogP contribution in [-0.2, 0) is 28.6 Å². The van der Waals surface area contributed by atoms with Crippen molar-refractivity contribution in [2.24, 2.45) is 22.2 Å². The standard InChI is InChI=1S/C14H26O2.C13H24O2.C10H20O2.3C10H14O/c1-6-13(4,5)12(15)16-14(11(2)3)9-7-8-10-14;1-5-12(3,4)11(14)15-13(6-2)9-7-8-10-13;1-7-10(5,6)8(11)12-9(2,3)4;3*1-3-8(2)9-4-6-10(11)7-5-9/h11H,6-10H2,1-5H3;5-10H2,1-4H3;7H2,1-6H3;3*4-8,11H,3H2,1-2H3. The van der Waals surface area contributed by atoms with Crippen molar-refractivity contribution in [2.45, 2.75) is 276 Å². The molecule has 0 bridgehead atoms. The zero-order valence-corrected chi connectivity index (χ0v) is 52.1. The zero-order chi connectivity index (χ0) is 58.7. The van der Waals surface area contributed by atoms with E-state index in [2.05, 4.69) is 62.3 Å². The number of phenolic OH excluding ortho intramolecular Hbond substituents is 3. The first-order valence-electron chi connectivity index (χ1n) is 29.3. The van der Waals surface area contributed by atoms with Crippen molar-refractivity contribution >= 4 is 17.9 Å². The Balaban J connectivity index is 0.000000894. The molecule has 0 aliphatic heterocycles. The summed E-state index contributed by atoms with van der Waals surface area (Å²) in [6, 6.07) is 22.3. The molecule has 9 nitrogen and oxygen atoms in total. The van der Waals surface area contributed by atoms with Gasteiger partial charge >= 0.3 is 17.9 Å². The van der Waals surface area contributed by atoms with Gasteiger partial charge in [0, 0.05) is 0 Å². The zero-order valence-electron chi connectivity index (χ0n) is 52.1. The Labute approximate surface area is 465 Å². The van der Waals surface area contributed by atoms with Crippen LogP contribution < -0.4 is 0 Å². The minimum Gasteiger partial charge on any atom is -0.508 e. The number of aromatic hydroxyl groups is 3. The fraction of sp³-hybridized carbons (Fsp3) is 0.687. The van der Waals surface area contributed by atoms with Crippen molar-refractivity contribution < 1.29 is 43.9 Å². The molecule has 0 amide bonds. The summed E-state index contributed by atoms with van der Waals surface area (Å²) in [5, 5.41) is 27.0. The molecule has 2 aliphatic carbocycles. The fourth-order valence-electron chi connectivity index (χ4n) is 7.94. The van der Waals surface area contributed by atoms with Crippen LogP contribution in [0.15, 0.2) is 72.8 Å². The van der Waals surface area contributed by atoms with Crippen molar-refractivity contribution in [3.8, 4) is 17.2 Å². The number of carbonyl (C=O) groups excluding carboxylic acids is 3. The average Bonchev–Trinajstić information content (AvgIpc) is 4.08. The fourth-order valence-corrected chi connectivity index (χ4v) is 7.94. The molecule has 0 aromatic heterocycles. The molecule has 0 spiro atoms. The van der Waals surface area contributed by atoms with Crippen LogP contribution in [0.25, 0.3) is 0 Å². The van der Waals surface area contributed by atoms with E-state index in [0.717, 1.165) is 70.6 Å². The molecule has 2 saturated carbocycles. The highest BCUT2D eigenvalue weighted by atomic mass is 16.6. The second kappa shape index (κ2) is 33.7. The maximum Gasteiger partial charge on any atom is 0.312 e. The summed E-state index contributed by atoms with van der Waals surface area (Å²) in [4.78, 5) is 35.6. The highest BCUT2D eigenvalue weighted by molar-refractivity contribution is 5.77. The molecular formula is C67H112O9. The number of hydrogen-bond donors (Lipinski definition) is 3. The first-order valence-corrected chi connectivity index (χ1v) is 29.3. The van der Waals surface area contributed by atoms with Crippen LogP contribution in [0.5, 0.6) is 17.2 Å². The SMILES string of the molecule is CCC(C)(C)C(=O)OC(C)(C)C.CCC(C)(C)C(=O)OC1(C(C)C)CCCC1.CCC(C)c1ccc(O)cc1.CCC(C)c1ccc(O)cc1.CCC(C)c1ccc(O)cc1.CCC1(OC(=O)C(C)(C)CC)CCCC1. The van der Waals surface area contributed by atoms with Gasteiger partial charge in [-0.1, -0.05) is 119 Å². The van der Waals surface area contributed by atoms with E-state index in [1.807, 2.05) is 119 Å². The summed E-state index contributed by atoms with van der Waals surface area (Å²) < 4.78 is 16.9. The maximum absolute atomic E-state index is 12.1. The van der Waals surface area contributed by atoms with Gasteiger partial charge in [0.15, 0.2) is 0 Å². The van der Waals surface area contributed by atoms with E-state index in [9.17, 15) is 14.4 Å². The number of benzene rings is 3. The van der Waals surface area contributed by atoms with Crippen LogP contribution in [0, 0.1) is 22.2 Å². The van der Waals surface area contributed by atoms with E-state index in [-0.39, 0.29) is 51.0 Å². The van der Waals surface area contributed by atoms with Crippen LogP contribution in [0.1, 0.15) is 276 Å². The number of carbonyl (C=O) groups is 3. The Bertz CT molecular complexity index is 1920. The lowest BCUT2D eigenvalue weighted by Crippen LogP contribution is -2.41. The quantitative estimate of drug-likeness (QED) is 0.0945. The van der Waals surface area contributed by atoms with Crippen LogP contribution in [0.4, 0.5) is 0 Å². The Hall–Kier alpha value is -4.53. The van der Waals surface area contributed by atoms with Crippen molar-refractivity contribution in [2.75, 3.05) is 0 Å². The van der Waals surface area contributed by atoms with Gasteiger partial charge in [0.05, 0.1) is 16.2 Å². The Morgan fingerprint density at radius 2 is 0.724 bits per heavy atom. The summed E-state index contributed by atoms with van der Waals surface area (Å²) in [7, 11) is 0. The van der Waals surface area contributed by atoms with Crippen molar-refractivity contribution in [3.05, 3.63) is 89.5 Å². The van der Waals surface area contributed by atoms with E-state index in [4.69, 9.17) is 29.5 Å². The lowest BCUT2D eigenvalue weighted by atomic mass is 9.86. The van der Waals surface area contributed by atoms with Crippen LogP contribution in [-0.4, -0.2) is 50.0 Å². The van der Waals surface area contributed by atoms with Crippen LogP contribution in [0.2, 0.25) is 0 Å². The minimum absolute atomic E-state index is 0.0197. The number of esters is 3. The summed E-state index contributed by atoms with van der Waals surface area (Å²) in [5.74, 6) is 3.08. The second-order valence-corrected chi connectivity index (χ2v) is 24.9. The van der Waals surface area contributed by atoms with E-state index in [1.54, 1.807) is 36.4 Å². The first kappa shape index (κ1) is 71.5. The summed E-state index contributed by atoms with van der Waals surface area (Å²) in [6.45, 7) is 42.9. The minimum atomic E-state index is -0.372. The van der Waals surface area contributed by atoms with Crippen molar-refractivity contribution in [1.82, 2.24) is 0 Å². The molecule has 3 atom stereocenters. The number of hydrogen-bond acceptors (Lipinski definition) is 9. The topological polar surface area (TPSA) is 140 Å². The van der Waals surface area contributed by atoms with E-state index >= 15 is 0 Å². The van der Waals surface area contributed by atoms with Crippen molar-refractivity contribution in [3.63, 3.8) is 0 Å². The molecule has 76 heavy (non-hydrogen) atoms. The highest BCUT2D eigenvalue weighted by Gasteiger charge is 2.43. The molecule has 5 rings (SSSR count). The maximum atomic E-state index is 12.1. The van der Waals surface area contributed by atoms with Gasteiger partial charge in [-0.3, -0.25) is 14.4 Å². The van der Waals surface area contributed by atoms with Gasteiger partial charge in [-0.25, -0.2) is 0 Å². The molecule has 3 N–H and O–H groups in total. The van der Waals surface area contributed by atoms with Gasteiger partial charge in [-0.05, 0) is 235 Å².